The number of rotatable bonds is 4. The Kier molecular flexibility index (Phi) is 3.43. The lowest BCUT2D eigenvalue weighted by Crippen LogP contribution is -2.50. The first-order valence-corrected chi connectivity index (χ1v) is 6.73. The number of allylic oxidation sites excluding steroid dienone is 2. The molecule has 0 spiro atoms. The Balaban J connectivity index is 1.50. The van der Waals surface area contributed by atoms with Gasteiger partial charge in [-0.25, -0.2) is 0 Å². The minimum absolute atomic E-state index is 0.0821. The molecular weight excluding hydrogens is 246 g/mol. The second-order valence-electron chi connectivity index (χ2n) is 5.53. The zero-order chi connectivity index (χ0) is 13.3. The van der Waals surface area contributed by atoms with Crippen molar-refractivity contribution in [2.75, 3.05) is 19.8 Å². The summed E-state index contributed by atoms with van der Waals surface area (Å²) in [5, 5.41) is 12.1. The zero-order valence-corrected chi connectivity index (χ0v) is 10.7. The number of aliphatic hydroxyl groups excluding tert-OH is 1. The molecule has 1 aliphatic heterocycles. The van der Waals surface area contributed by atoms with Crippen molar-refractivity contribution in [3.63, 3.8) is 0 Å². The maximum atomic E-state index is 12.0. The predicted octanol–water partition coefficient (Wildman–Crippen LogP) is 0.154. The Morgan fingerprint density at radius 1 is 1.32 bits per heavy atom. The Morgan fingerprint density at radius 2 is 2.05 bits per heavy atom. The Morgan fingerprint density at radius 3 is 2.74 bits per heavy atom. The largest absolute Gasteiger partial charge is 0.396 e. The first kappa shape index (κ1) is 12.8. The second kappa shape index (κ2) is 5.07. The Hall–Kier alpha value is -1.17. The van der Waals surface area contributed by atoms with Gasteiger partial charge in [-0.15, -0.1) is 0 Å². The number of hydrogen-bond donors (Lipinski definition) is 2. The topological polar surface area (TPSA) is 67.8 Å². The summed E-state index contributed by atoms with van der Waals surface area (Å²) in [6, 6.07) is 0. The van der Waals surface area contributed by atoms with Crippen LogP contribution in [0, 0.1) is 5.41 Å². The molecule has 3 atom stereocenters. The third-order valence-electron chi connectivity index (χ3n) is 4.02. The fourth-order valence-electron chi connectivity index (χ4n) is 2.36. The fourth-order valence-corrected chi connectivity index (χ4v) is 2.36. The zero-order valence-electron chi connectivity index (χ0n) is 10.7. The van der Waals surface area contributed by atoms with Crippen LogP contribution in [0.4, 0.5) is 0 Å². The van der Waals surface area contributed by atoms with E-state index in [1.54, 1.807) is 0 Å². The molecule has 1 saturated heterocycles. The quantitative estimate of drug-likeness (QED) is 0.759. The van der Waals surface area contributed by atoms with Gasteiger partial charge in [-0.1, -0.05) is 24.3 Å². The first-order chi connectivity index (χ1) is 9.22. The van der Waals surface area contributed by atoms with Gasteiger partial charge in [-0.3, -0.25) is 4.79 Å². The van der Waals surface area contributed by atoms with E-state index in [0.717, 1.165) is 12.8 Å². The molecule has 3 unspecified atom stereocenters. The van der Waals surface area contributed by atoms with Gasteiger partial charge in [0.25, 0.3) is 5.91 Å². The number of nitrogens with one attached hydrogen (secondary N) is 1. The van der Waals surface area contributed by atoms with E-state index in [1.807, 2.05) is 24.3 Å². The van der Waals surface area contributed by atoms with Crippen LogP contribution in [0.5, 0.6) is 0 Å². The van der Waals surface area contributed by atoms with E-state index >= 15 is 0 Å². The van der Waals surface area contributed by atoms with Crippen LogP contribution in [-0.2, 0) is 14.3 Å². The number of aliphatic hydroxyl groups is 1. The summed E-state index contributed by atoms with van der Waals surface area (Å²) in [7, 11) is 0. The van der Waals surface area contributed by atoms with E-state index in [4.69, 9.17) is 9.47 Å². The van der Waals surface area contributed by atoms with Crippen molar-refractivity contribution in [2.24, 2.45) is 5.41 Å². The number of carbonyl (C=O) groups excluding carboxylic acids is 1. The second-order valence-corrected chi connectivity index (χ2v) is 5.53. The summed E-state index contributed by atoms with van der Waals surface area (Å²) in [6.07, 6.45) is 8.78. The third-order valence-corrected chi connectivity index (χ3v) is 4.02. The van der Waals surface area contributed by atoms with Crippen LogP contribution in [0.15, 0.2) is 24.3 Å². The summed E-state index contributed by atoms with van der Waals surface area (Å²) in [6.45, 7) is 0.927. The average molecular weight is 265 g/mol. The number of carbonyl (C=O) groups is 1. The van der Waals surface area contributed by atoms with Crippen LogP contribution in [-0.4, -0.2) is 49.1 Å². The Labute approximate surface area is 112 Å². The fraction of sp³-hybridized carbons (Fsp3) is 0.643. The highest BCUT2D eigenvalue weighted by Gasteiger charge is 2.43. The van der Waals surface area contributed by atoms with E-state index in [0.29, 0.717) is 6.54 Å². The van der Waals surface area contributed by atoms with Gasteiger partial charge in [0.2, 0.25) is 0 Å². The standard InChI is InChI=1S/C14H19NO4/c16-9-14(5-6-14)8-15-13(17)12-7-18-10-3-1-2-4-11(10)19-12/h1-4,10-12,16H,5-9H2,(H,15,17). The molecular formula is C14H19NO4. The van der Waals surface area contributed by atoms with Crippen LogP contribution in [0.25, 0.3) is 0 Å². The van der Waals surface area contributed by atoms with Crippen LogP contribution < -0.4 is 5.32 Å². The molecule has 2 aliphatic carbocycles. The van der Waals surface area contributed by atoms with Crippen molar-refractivity contribution in [3.8, 4) is 0 Å². The number of hydrogen-bond acceptors (Lipinski definition) is 4. The average Bonchev–Trinajstić information content (AvgIpc) is 3.25. The van der Waals surface area contributed by atoms with E-state index in [-0.39, 0.29) is 36.7 Å². The molecule has 3 rings (SSSR count). The molecule has 1 saturated carbocycles. The summed E-state index contributed by atoms with van der Waals surface area (Å²) in [5.74, 6) is -0.152. The van der Waals surface area contributed by atoms with E-state index in [1.165, 1.54) is 0 Å². The normalized spacial score (nSPS) is 34.7. The van der Waals surface area contributed by atoms with Crippen LogP contribution in [0.1, 0.15) is 12.8 Å². The lowest BCUT2D eigenvalue weighted by Gasteiger charge is -2.34. The van der Waals surface area contributed by atoms with Crippen molar-refractivity contribution in [1.29, 1.82) is 0 Å². The van der Waals surface area contributed by atoms with Gasteiger partial charge in [0.15, 0.2) is 6.10 Å². The molecule has 0 aromatic heterocycles. The predicted molar refractivity (Wildman–Crippen MR) is 68.4 cm³/mol. The maximum absolute atomic E-state index is 12.0. The summed E-state index contributed by atoms with van der Waals surface area (Å²) in [5.41, 5.74) is -0.0821. The molecule has 2 fully saturated rings. The highest BCUT2D eigenvalue weighted by Crippen LogP contribution is 2.44. The molecule has 0 bridgehead atoms. The van der Waals surface area contributed by atoms with Gasteiger partial charge in [0, 0.05) is 12.0 Å². The van der Waals surface area contributed by atoms with Gasteiger partial charge >= 0.3 is 0 Å². The van der Waals surface area contributed by atoms with Gasteiger partial charge in [-0.05, 0) is 12.8 Å². The molecule has 104 valence electrons. The van der Waals surface area contributed by atoms with Crippen LogP contribution in [0.3, 0.4) is 0 Å². The van der Waals surface area contributed by atoms with E-state index in [9.17, 15) is 9.90 Å². The monoisotopic (exact) mass is 265 g/mol. The molecule has 1 heterocycles. The first-order valence-electron chi connectivity index (χ1n) is 6.73. The molecule has 0 aromatic carbocycles. The molecule has 0 aromatic rings. The van der Waals surface area contributed by atoms with E-state index < -0.39 is 6.10 Å². The number of amides is 1. The molecule has 5 nitrogen and oxygen atoms in total. The van der Waals surface area contributed by atoms with Gasteiger partial charge in [0.05, 0.1) is 13.2 Å². The van der Waals surface area contributed by atoms with Crippen molar-refractivity contribution >= 4 is 5.91 Å². The lowest BCUT2D eigenvalue weighted by molar-refractivity contribution is -0.168. The van der Waals surface area contributed by atoms with Gasteiger partial charge in [-0.2, -0.15) is 0 Å². The maximum Gasteiger partial charge on any atom is 0.251 e. The van der Waals surface area contributed by atoms with Crippen LogP contribution in [0.2, 0.25) is 0 Å². The minimum atomic E-state index is -0.563. The molecule has 1 amide bonds. The van der Waals surface area contributed by atoms with Gasteiger partial charge in [0.1, 0.15) is 12.2 Å². The molecule has 3 aliphatic rings. The van der Waals surface area contributed by atoms with Gasteiger partial charge < -0.3 is 19.9 Å². The van der Waals surface area contributed by atoms with Crippen molar-refractivity contribution in [3.05, 3.63) is 24.3 Å². The highest BCUT2D eigenvalue weighted by molar-refractivity contribution is 5.81. The number of ether oxygens (including phenoxy) is 2. The third kappa shape index (κ3) is 2.73. The lowest BCUT2D eigenvalue weighted by atomic mass is 10.1. The van der Waals surface area contributed by atoms with Crippen molar-refractivity contribution in [2.45, 2.75) is 31.2 Å². The molecule has 2 N–H and O–H groups in total. The highest BCUT2D eigenvalue weighted by atomic mass is 16.6. The number of fused-ring (bicyclic) bond motifs is 1. The summed E-state index contributed by atoms with van der Waals surface area (Å²) in [4.78, 5) is 12.0. The molecule has 5 heteroatoms. The molecule has 0 radical (unpaired) electrons. The minimum Gasteiger partial charge on any atom is -0.396 e. The molecule has 19 heavy (non-hydrogen) atoms. The summed E-state index contributed by atoms with van der Waals surface area (Å²) >= 11 is 0. The summed E-state index contributed by atoms with van der Waals surface area (Å²) < 4.78 is 11.4. The Bertz CT molecular complexity index is 414. The smallest absolute Gasteiger partial charge is 0.251 e. The van der Waals surface area contributed by atoms with Crippen LogP contribution >= 0.6 is 0 Å². The SMILES string of the molecule is O=C(NCC1(CO)CC1)C1COC2C=CC=CC2O1. The van der Waals surface area contributed by atoms with E-state index in [2.05, 4.69) is 5.32 Å². The van der Waals surface area contributed by atoms with Crippen molar-refractivity contribution in [1.82, 2.24) is 5.32 Å². The van der Waals surface area contributed by atoms with Crippen molar-refractivity contribution < 1.29 is 19.4 Å².